The van der Waals surface area contributed by atoms with Crippen LogP contribution < -0.4 is 21.9 Å². The van der Waals surface area contributed by atoms with Gasteiger partial charge in [0, 0.05) is 20.2 Å². The van der Waals surface area contributed by atoms with Gasteiger partial charge in [-0.15, -0.1) is 0 Å². The number of rotatable bonds is 11. The summed E-state index contributed by atoms with van der Waals surface area (Å²) in [5, 5.41) is 0. The number of hydrogen-bond donors (Lipinski definition) is 2. The Kier molecular flexibility index (Phi) is 9.41. The number of aromatic amines is 1. The van der Waals surface area contributed by atoms with Crippen LogP contribution in [0.3, 0.4) is 0 Å². The van der Waals surface area contributed by atoms with Gasteiger partial charge in [-0.1, -0.05) is 51.1 Å². The van der Waals surface area contributed by atoms with Crippen molar-refractivity contribution in [2.75, 3.05) is 37.5 Å². The number of anilines is 2. The fourth-order valence-corrected chi connectivity index (χ4v) is 3.36. The lowest BCUT2D eigenvalue weighted by Gasteiger charge is -2.24. The fraction of sp³-hybridized carbons (Fsp3) is 0.478. The Hall–Kier alpha value is -3.40. The average Bonchev–Trinajstić information content (AvgIpc) is 2.77. The summed E-state index contributed by atoms with van der Waals surface area (Å²) in [6.07, 6.45) is 0.0946. The van der Waals surface area contributed by atoms with Gasteiger partial charge in [-0.25, -0.2) is 4.79 Å². The fourth-order valence-electron chi connectivity index (χ4n) is 3.36. The van der Waals surface area contributed by atoms with Gasteiger partial charge >= 0.3 is 11.7 Å². The molecule has 1 amide bonds. The van der Waals surface area contributed by atoms with E-state index >= 15 is 0 Å². The molecular weight excluding hydrogens is 428 g/mol. The van der Waals surface area contributed by atoms with E-state index in [0.29, 0.717) is 0 Å². The van der Waals surface area contributed by atoms with Crippen LogP contribution in [0, 0.1) is 5.92 Å². The number of ether oxygens (including phenoxy) is 2. The summed E-state index contributed by atoms with van der Waals surface area (Å²) in [5.41, 5.74) is 5.48. The van der Waals surface area contributed by atoms with Crippen molar-refractivity contribution in [2.45, 2.75) is 39.7 Å². The van der Waals surface area contributed by atoms with Gasteiger partial charge < -0.3 is 15.2 Å². The number of aromatic nitrogens is 2. The zero-order valence-electron chi connectivity index (χ0n) is 19.5. The smallest absolute Gasteiger partial charge is 0.330 e. The summed E-state index contributed by atoms with van der Waals surface area (Å²) in [4.78, 5) is 53.3. The van der Waals surface area contributed by atoms with Crippen molar-refractivity contribution >= 4 is 23.4 Å². The molecule has 0 spiro atoms. The van der Waals surface area contributed by atoms with E-state index in [2.05, 4.69) is 4.98 Å². The van der Waals surface area contributed by atoms with E-state index in [1.54, 1.807) is 0 Å². The molecule has 0 aliphatic carbocycles. The Balaban J connectivity index is 2.19. The maximum Gasteiger partial charge on any atom is 0.330 e. The number of methoxy groups -OCH3 is 1. The first-order chi connectivity index (χ1) is 15.6. The standard InChI is InChI=1S/C23H32N4O6/c1-15(2)13-27-21(24)20(22(30)25-23(27)31)26(10-11-32-4)18(28)14-33-19(29)12-16(3)17-8-6-5-7-9-17/h5-9,15-16H,10-14,24H2,1-4H3,(H,25,30,31). The summed E-state index contributed by atoms with van der Waals surface area (Å²) in [6.45, 7) is 5.44. The van der Waals surface area contributed by atoms with Gasteiger partial charge in [-0.3, -0.25) is 28.8 Å². The van der Waals surface area contributed by atoms with Crippen LogP contribution in [-0.4, -0.2) is 48.3 Å². The molecule has 1 atom stereocenters. The maximum atomic E-state index is 12.9. The van der Waals surface area contributed by atoms with E-state index in [1.165, 1.54) is 11.7 Å². The topological polar surface area (TPSA) is 137 Å². The Labute approximate surface area is 192 Å². The van der Waals surface area contributed by atoms with Crippen molar-refractivity contribution in [1.29, 1.82) is 0 Å². The highest BCUT2D eigenvalue weighted by molar-refractivity contribution is 5.97. The van der Waals surface area contributed by atoms with Crippen molar-refractivity contribution in [3.8, 4) is 0 Å². The van der Waals surface area contributed by atoms with Crippen LogP contribution >= 0.6 is 0 Å². The van der Waals surface area contributed by atoms with Crippen LogP contribution in [0.2, 0.25) is 0 Å². The molecule has 0 aliphatic rings. The number of nitrogens with one attached hydrogen (secondary N) is 1. The third-order valence-electron chi connectivity index (χ3n) is 5.05. The molecule has 33 heavy (non-hydrogen) atoms. The van der Waals surface area contributed by atoms with Gasteiger partial charge in [0.15, 0.2) is 12.3 Å². The lowest BCUT2D eigenvalue weighted by atomic mass is 9.98. The second kappa shape index (κ2) is 12.0. The molecule has 2 rings (SSSR count). The monoisotopic (exact) mass is 460 g/mol. The zero-order valence-corrected chi connectivity index (χ0v) is 19.5. The van der Waals surface area contributed by atoms with E-state index in [0.717, 1.165) is 10.5 Å². The summed E-state index contributed by atoms with van der Waals surface area (Å²) >= 11 is 0. The minimum atomic E-state index is -0.800. The summed E-state index contributed by atoms with van der Waals surface area (Å²) in [5.74, 6) is -1.35. The molecule has 0 fully saturated rings. The van der Waals surface area contributed by atoms with E-state index in [9.17, 15) is 19.2 Å². The molecule has 0 bridgehead atoms. The number of nitrogen functional groups attached to an aromatic ring is 1. The zero-order chi connectivity index (χ0) is 24.5. The van der Waals surface area contributed by atoms with Crippen molar-refractivity contribution in [1.82, 2.24) is 9.55 Å². The minimum absolute atomic E-state index is 0.0134. The van der Waals surface area contributed by atoms with Gasteiger partial charge in [-0.2, -0.15) is 0 Å². The number of carbonyl (C=O) groups is 2. The van der Waals surface area contributed by atoms with Crippen molar-refractivity contribution in [3.63, 3.8) is 0 Å². The summed E-state index contributed by atoms with van der Waals surface area (Å²) in [7, 11) is 1.45. The molecular formula is C23H32N4O6. The summed E-state index contributed by atoms with van der Waals surface area (Å²) in [6, 6.07) is 9.48. The van der Waals surface area contributed by atoms with E-state index in [1.807, 2.05) is 51.1 Å². The minimum Gasteiger partial charge on any atom is -0.456 e. The molecule has 0 aliphatic heterocycles. The number of H-pyrrole nitrogens is 1. The largest absolute Gasteiger partial charge is 0.456 e. The average molecular weight is 461 g/mol. The molecule has 1 aromatic carbocycles. The van der Waals surface area contributed by atoms with Crippen LogP contribution in [-0.2, 0) is 25.6 Å². The van der Waals surface area contributed by atoms with E-state index < -0.39 is 29.7 Å². The van der Waals surface area contributed by atoms with E-state index in [4.69, 9.17) is 15.2 Å². The Morgan fingerprint density at radius 2 is 1.82 bits per heavy atom. The number of hydrogen-bond acceptors (Lipinski definition) is 7. The predicted octanol–water partition coefficient (Wildman–Crippen LogP) is 1.49. The van der Waals surface area contributed by atoms with Gasteiger partial charge in [-0.05, 0) is 17.4 Å². The van der Waals surface area contributed by atoms with Gasteiger partial charge in [0.05, 0.1) is 13.0 Å². The molecule has 180 valence electrons. The Bertz CT molecular complexity index is 1060. The SMILES string of the molecule is COCCN(C(=O)COC(=O)CC(C)c1ccccc1)c1c(N)n(CC(C)C)c(=O)[nH]c1=O. The van der Waals surface area contributed by atoms with Gasteiger partial charge in [0.2, 0.25) is 0 Å². The van der Waals surface area contributed by atoms with Crippen molar-refractivity contribution in [3.05, 3.63) is 56.7 Å². The lowest BCUT2D eigenvalue weighted by Crippen LogP contribution is -2.44. The maximum absolute atomic E-state index is 12.9. The number of benzene rings is 1. The number of nitrogens with two attached hydrogens (primary N) is 1. The summed E-state index contributed by atoms with van der Waals surface area (Å²) < 4.78 is 11.4. The van der Waals surface area contributed by atoms with Crippen LogP contribution in [0.25, 0.3) is 0 Å². The Morgan fingerprint density at radius 3 is 2.42 bits per heavy atom. The lowest BCUT2D eigenvalue weighted by molar-refractivity contribution is -0.148. The van der Waals surface area contributed by atoms with Crippen molar-refractivity contribution < 1.29 is 19.1 Å². The first kappa shape index (κ1) is 25.9. The predicted molar refractivity (Wildman–Crippen MR) is 125 cm³/mol. The Morgan fingerprint density at radius 1 is 1.15 bits per heavy atom. The van der Waals surface area contributed by atoms with Gasteiger partial charge in [0.1, 0.15) is 5.82 Å². The quantitative estimate of drug-likeness (QED) is 0.485. The highest BCUT2D eigenvalue weighted by atomic mass is 16.5. The first-order valence-electron chi connectivity index (χ1n) is 10.8. The highest BCUT2D eigenvalue weighted by Crippen LogP contribution is 2.20. The van der Waals surface area contributed by atoms with Crippen LogP contribution in [0.4, 0.5) is 11.5 Å². The molecule has 0 saturated carbocycles. The molecule has 0 saturated heterocycles. The molecule has 10 nitrogen and oxygen atoms in total. The highest BCUT2D eigenvalue weighted by Gasteiger charge is 2.25. The molecule has 1 unspecified atom stereocenters. The van der Waals surface area contributed by atoms with Crippen LogP contribution in [0.5, 0.6) is 0 Å². The number of nitrogens with zero attached hydrogens (tertiary/aromatic N) is 2. The van der Waals surface area contributed by atoms with Crippen LogP contribution in [0.15, 0.2) is 39.9 Å². The molecule has 3 N–H and O–H groups in total. The van der Waals surface area contributed by atoms with E-state index in [-0.39, 0.29) is 49.5 Å². The van der Waals surface area contributed by atoms with Crippen molar-refractivity contribution in [2.24, 2.45) is 5.92 Å². The second-order valence-electron chi connectivity index (χ2n) is 8.21. The molecule has 2 aromatic rings. The molecule has 10 heteroatoms. The molecule has 1 heterocycles. The molecule has 0 radical (unpaired) electrons. The third-order valence-corrected chi connectivity index (χ3v) is 5.05. The van der Waals surface area contributed by atoms with Gasteiger partial charge in [0.25, 0.3) is 11.5 Å². The number of amides is 1. The first-order valence-corrected chi connectivity index (χ1v) is 10.8. The third kappa shape index (κ3) is 7.04. The molecule has 1 aromatic heterocycles. The van der Waals surface area contributed by atoms with Crippen LogP contribution in [0.1, 0.15) is 38.7 Å². The number of esters is 1. The second-order valence-corrected chi connectivity index (χ2v) is 8.21. The normalized spacial score (nSPS) is 11.9. The number of carbonyl (C=O) groups excluding carboxylic acids is 2.